The Bertz CT molecular complexity index is 210. The van der Waals surface area contributed by atoms with E-state index in [4.69, 9.17) is 21.1 Å². The molecule has 0 aromatic heterocycles. The van der Waals surface area contributed by atoms with Gasteiger partial charge < -0.3 is 14.8 Å². The highest BCUT2D eigenvalue weighted by Crippen LogP contribution is 2.21. The minimum Gasteiger partial charge on any atom is -0.382 e. The van der Waals surface area contributed by atoms with Gasteiger partial charge in [0.05, 0.1) is 13.2 Å². The molecule has 0 aromatic carbocycles. The van der Waals surface area contributed by atoms with Gasteiger partial charge >= 0.3 is 0 Å². The normalized spacial score (nSPS) is 11.5. The van der Waals surface area contributed by atoms with Crippen LogP contribution in [0.25, 0.3) is 0 Å². The second-order valence-electron chi connectivity index (χ2n) is 4.78. The number of ether oxygens (including phenoxy) is 2. The lowest BCUT2D eigenvalue weighted by molar-refractivity contribution is -0.126. The molecule has 1 amide bonds. The molecule has 0 bridgehead atoms. The van der Waals surface area contributed by atoms with Crippen molar-refractivity contribution in [2.45, 2.75) is 26.7 Å². The van der Waals surface area contributed by atoms with Gasteiger partial charge in [-0.05, 0) is 18.3 Å². The van der Waals surface area contributed by atoms with Crippen molar-refractivity contribution in [2.75, 3.05) is 39.4 Å². The smallest absolute Gasteiger partial charge is 0.246 e. The summed E-state index contributed by atoms with van der Waals surface area (Å²) in [6.07, 6.45) is 1.97. The van der Waals surface area contributed by atoms with Crippen LogP contribution in [0, 0.1) is 5.41 Å². The van der Waals surface area contributed by atoms with Gasteiger partial charge in [-0.2, -0.15) is 0 Å². The first-order chi connectivity index (χ1) is 8.02. The molecule has 0 radical (unpaired) electrons. The summed E-state index contributed by atoms with van der Waals surface area (Å²) in [4.78, 5) is 11.4. The van der Waals surface area contributed by atoms with E-state index in [1.54, 1.807) is 7.11 Å². The third-order valence-corrected chi connectivity index (χ3v) is 2.68. The number of amides is 1. The van der Waals surface area contributed by atoms with E-state index in [9.17, 15) is 4.79 Å². The number of methoxy groups -OCH3 is 1. The highest BCUT2D eigenvalue weighted by atomic mass is 35.5. The number of carbonyl (C=O) groups is 1. The van der Waals surface area contributed by atoms with Crippen LogP contribution in [0.15, 0.2) is 0 Å². The minimum atomic E-state index is -0.0833. The zero-order valence-electron chi connectivity index (χ0n) is 11.1. The van der Waals surface area contributed by atoms with Crippen molar-refractivity contribution >= 4 is 17.5 Å². The molecule has 1 N–H and O–H groups in total. The fourth-order valence-electron chi connectivity index (χ4n) is 1.33. The topological polar surface area (TPSA) is 47.6 Å². The van der Waals surface area contributed by atoms with Crippen LogP contribution < -0.4 is 5.32 Å². The molecular formula is C12H24ClNO3. The van der Waals surface area contributed by atoms with E-state index in [-0.39, 0.29) is 17.9 Å². The number of hydrogen-bond acceptors (Lipinski definition) is 3. The van der Waals surface area contributed by atoms with Crippen LogP contribution in [0.5, 0.6) is 0 Å². The third-order valence-electron chi connectivity index (χ3n) is 2.42. The zero-order valence-corrected chi connectivity index (χ0v) is 11.8. The Hall–Kier alpha value is -0.320. The molecule has 0 unspecified atom stereocenters. The van der Waals surface area contributed by atoms with Gasteiger partial charge in [-0.15, -0.1) is 11.6 Å². The fraction of sp³-hybridized carbons (Fsp3) is 0.917. The Morgan fingerprint density at radius 1 is 1.35 bits per heavy atom. The predicted octanol–water partition coefficient (Wildman–Crippen LogP) is 1.81. The summed E-state index contributed by atoms with van der Waals surface area (Å²) in [5.41, 5.74) is 0.0804. The molecular weight excluding hydrogens is 242 g/mol. The highest BCUT2D eigenvalue weighted by Gasteiger charge is 2.18. The number of alkyl halides is 1. The predicted molar refractivity (Wildman–Crippen MR) is 69.4 cm³/mol. The molecule has 4 nitrogen and oxygen atoms in total. The van der Waals surface area contributed by atoms with Crippen LogP contribution in [0.2, 0.25) is 0 Å². The first kappa shape index (κ1) is 16.7. The van der Waals surface area contributed by atoms with Crippen molar-refractivity contribution in [3.8, 4) is 0 Å². The van der Waals surface area contributed by atoms with E-state index in [1.807, 2.05) is 0 Å². The molecule has 102 valence electrons. The van der Waals surface area contributed by atoms with Gasteiger partial charge in [-0.25, -0.2) is 0 Å². The first-order valence-corrected chi connectivity index (χ1v) is 6.44. The van der Waals surface area contributed by atoms with Crippen LogP contribution in [0.3, 0.4) is 0 Å². The van der Waals surface area contributed by atoms with Crippen LogP contribution >= 0.6 is 11.6 Å². The molecule has 0 saturated heterocycles. The lowest BCUT2D eigenvalue weighted by Gasteiger charge is -2.24. The lowest BCUT2D eigenvalue weighted by atomic mass is 9.88. The van der Waals surface area contributed by atoms with Crippen molar-refractivity contribution in [2.24, 2.45) is 5.41 Å². The van der Waals surface area contributed by atoms with E-state index in [2.05, 4.69) is 19.2 Å². The summed E-state index contributed by atoms with van der Waals surface area (Å²) in [6, 6.07) is 0. The molecule has 0 aliphatic carbocycles. The van der Waals surface area contributed by atoms with Gasteiger partial charge in [0.2, 0.25) is 5.91 Å². The second kappa shape index (κ2) is 9.68. The third kappa shape index (κ3) is 10.5. The summed E-state index contributed by atoms with van der Waals surface area (Å²) in [6.45, 7) is 5.93. The summed E-state index contributed by atoms with van der Waals surface area (Å²) in [5.74, 6) is 0.581. The molecule has 0 fully saturated rings. The van der Waals surface area contributed by atoms with E-state index in [0.717, 1.165) is 12.8 Å². The lowest BCUT2D eigenvalue weighted by Crippen LogP contribution is -2.36. The number of rotatable bonds is 10. The summed E-state index contributed by atoms with van der Waals surface area (Å²) in [5, 5.41) is 2.86. The van der Waals surface area contributed by atoms with Crippen molar-refractivity contribution in [1.29, 1.82) is 0 Å². The minimum absolute atomic E-state index is 0.0804. The maximum absolute atomic E-state index is 11.4. The Morgan fingerprint density at radius 2 is 2.06 bits per heavy atom. The Labute approximate surface area is 109 Å². The number of hydrogen-bond donors (Lipinski definition) is 1. The van der Waals surface area contributed by atoms with E-state index >= 15 is 0 Å². The van der Waals surface area contributed by atoms with Gasteiger partial charge in [0.25, 0.3) is 0 Å². The fourth-order valence-corrected chi connectivity index (χ4v) is 1.46. The summed E-state index contributed by atoms with van der Waals surface area (Å²) >= 11 is 5.65. The van der Waals surface area contributed by atoms with Crippen molar-refractivity contribution in [3.05, 3.63) is 0 Å². The molecule has 0 rings (SSSR count). The van der Waals surface area contributed by atoms with Crippen molar-refractivity contribution in [1.82, 2.24) is 5.32 Å². The Morgan fingerprint density at radius 3 is 2.65 bits per heavy atom. The van der Waals surface area contributed by atoms with Crippen LogP contribution in [0.4, 0.5) is 0 Å². The summed E-state index contributed by atoms with van der Waals surface area (Å²) in [7, 11) is 1.60. The van der Waals surface area contributed by atoms with Crippen LogP contribution in [-0.2, 0) is 14.3 Å². The molecule has 5 heteroatoms. The van der Waals surface area contributed by atoms with Crippen molar-refractivity contribution < 1.29 is 14.3 Å². The largest absolute Gasteiger partial charge is 0.382 e. The number of carbonyl (C=O) groups excluding carboxylic acids is 1. The van der Waals surface area contributed by atoms with E-state index in [0.29, 0.717) is 25.6 Å². The van der Waals surface area contributed by atoms with Gasteiger partial charge in [0, 0.05) is 19.5 Å². The van der Waals surface area contributed by atoms with Gasteiger partial charge in [0.1, 0.15) is 6.61 Å². The average molecular weight is 266 g/mol. The average Bonchev–Trinajstić information content (AvgIpc) is 2.30. The number of halogens is 1. The number of nitrogens with one attached hydrogen (secondary N) is 1. The van der Waals surface area contributed by atoms with Crippen LogP contribution in [-0.4, -0.2) is 45.3 Å². The zero-order chi connectivity index (χ0) is 13.1. The van der Waals surface area contributed by atoms with Gasteiger partial charge in [-0.1, -0.05) is 13.8 Å². The SMILES string of the molecule is COCCOCC(=O)NCC(C)(C)CCCCl. The molecule has 0 saturated carbocycles. The standard InChI is InChI=1S/C12H24ClNO3/c1-12(2,5-4-6-13)10-14-11(15)9-17-8-7-16-3/h4-10H2,1-3H3,(H,14,15). The molecule has 0 aliphatic heterocycles. The second-order valence-corrected chi connectivity index (χ2v) is 5.16. The summed E-state index contributed by atoms with van der Waals surface area (Å²) < 4.78 is 9.94. The maximum Gasteiger partial charge on any atom is 0.246 e. The van der Waals surface area contributed by atoms with Crippen molar-refractivity contribution in [3.63, 3.8) is 0 Å². The van der Waals surface area contributed by atoms with Gasteiger partial charge in [0.15, 0.2) is 0 Å². The Kier molecular flexibility index (Phi) is 9.50. The van der Waals surface area contributed by atoms with E-state index < -0.39 is 0 Å². The molecule has 0 aliphatic rings. The van der Waals surface area contributed by atoms with Crippen LogP contribution in [0.1, 0.15) is 26.7 Å². The molecule has 17 heavy (non-hydrogen) atoms. The highest BCUT2D eigenvalue weighted by molar-refractivity contribution is 6.17. The van der Waals surface area contributed by atoms with E-state index in [1.165, 1.54) is 0 Å². The first-order valence-electron chi connectivity index (χ1n) is 5.91. The Balaban J connectivity index is 3.60. The monoisotopic (exact) mass is 265 g/mol. The molecule has 0 spiro atoms. The maximum atomic E-state index is 11.4. The van der Waals surface area contributed by atoms with Gasteiger partial charge in [-0.3, -0.25) is 4.79 Å². The quantitative estimate of drug-likeness (QED) is 0.484. The molecule has 0 heterocycles. The molecule has 0 atom stereocenters. The molecule has 0 aromatic rings.